The number of fused-ring (bicyclic) bond motifs is 4. The molecule has 2 aromatic rings. The molecule has 0 radical (unpaired) electrons. The van der Waals surface area contributed by atoms with Crippen LogP contribution in [-0.2, 0) is 13.0 Å². The van der Waals surface area contributed by atoms with Crippen molar-refractivity contribution in [3.8, 4) is 0 Å². The van der Waals surface area contributed by atoms with Gasteiger partial charge in [-0.3, -0.25) is 0 Å². The number of hydrogen-bond acceptors (Lipinski definition) is 2. The van der Waals surface area contributed by atoms with Crippen LogP contribution < -0.4 is 10.2 Å². The van der Waals surface area contributed by atoms with Gasteiger partial charge in [-0.2, -0.15) is 0 Å². The minimum atomic E-state index is 0.950. The summed E-state index contributed by atoms with van der Waals surface area (Å²) >= 11 is 0. The van der Waals surface area contributed by atoms with Crippen molar-refractivity contribution >= 4 is 11.4 Å². The van der Waals surface area contributed by atoms with Crippen molar-refractivity contribution in [1.29, 1.82) is 0 Å². The van der Waals surface area contributed by atoms with Gasteiger partial charge < -0.3 is 10.2 Å². The van der Waals surface area contributed by atoms with E-state index in [0.717, 1.165) is 13.0 Å². The maximum atomic E-state index is 3.43. The molecule has 2 nitrogen and oxygen atoms in total. The Morgan fingerprint density at radius 2 is 1.67 bits per heavy atom. The first-order chi connectivity index (χ1) is 8.92. The van der Waals surface area contributed by atoms with E-state index in [1.165, 1.54) is 28.2 Å². The van der Waals surface area contributed by atoms with Gasteiger partial charge in [0.2, 0.25) is 0 Å². The van der Waals surface area contributed by atoms with Crippen LogP contribution >= 0.6 is 0 Å². The van der Waals surface area contributed by atoms with E-state index >= 15 is 0 Å². The Bertz CT molecular complexity index is 637. The molecule has 2 aliphatic heterocycles. The van der Waals surface area contributed by atoms with Gasteiger partial charge in [0.25, 0.3) is 0 Å². The van der Waals surface area contributed by atoms with E-state index in [-0.39, 0.29) is 0 Å². The molecule has 4 rings (SSSR count). The monoisotopic (exact) mass is 234 g/mol. The Morgan fingerprint density at radius 3 is 2.61 bits per heavy atom. The second-order valence-electron chi connectivity index (χ2n) is 4.83. The lowest BCUT2D eigenvalue weighted by molar-refractivity contribution is 0.936. The summed E-state index contributed by atoms with van der Waals surface area (Å²) in [5.74, 6) is 0. The molecule has 2 aromatic carbocycles. The smallest absolute Gasteiger partial charge is 0.0500 e. The number of anilines is 2. The van der Waals surface area contributed by atoms with Crippen molar-refractivity contribution in [2.24, 2.45) is 0 Å². The van der Waals surface area contributed by atoms with Crippen LogP contribution in [0.5, 0.6) is 0 Å². The standard InChI is InChI=1S/C16H14N2/c1-3-7-15-13(6-1)11-18-14(10-17-15)9-12-5-2-4-8-16(12)18/h1-8,10,17H,9,11H2. The van der Waals surface area contributed by atoms with E-state index in [0.29, 0.717) is 0 Å². The normalized spacial score (nSPS) is 16.0. The van der Waals surface area contributed by atoms with Crippen LogP contribution in [0.3, 0.4) is 0 Å². The first kappa shape index (κ1) is 9.77. The van der Waals surface area contributed by atoms with Crippen molar-refractivity contribution in [2.75, 3.05) is 10.2 Å². The third-order valence-corrected chi connectivity index (χ3v) is 3.74. The topological polar surface area (TPSA) is 15.3 Å². The van der Waals surface area contributed by atoms with Crippen LogP contribution in [0.15, 0.2) is 60.4 Å². The summed E-state index contributed by atoms with van der Waals surface area (Å²) in [6, 6.07) is 17.2. The Morgan fingerprint density at radius 1 is 0.889 bits per heavy atom. The van der Waals surface area contributed by atoms with Gasteiger partial charge in [-0.15, -0.1) is 0 Å². The van der Waals surface area contributed by atoms with Gasteiger partial charge in [-0.1, -0.05) is 36.4 Å². The lowest BCUT2D eigenvalue weighted by Crippen LogP contribution is -2.16. The van der Waals surface area contributed by atoms with Crippen LogP contribution in [-0.4, -0.2) is 0 Å². The van der Waals surface area contributed by atoms with Crippen molar-refractivity contribution in [3.05, 3.63) is 71.6 Å². The molecule has 0 amide bonds. The van der Waals surface area contributed by atoms with Crippen molar-refractivity contribution in [2.45, 2.75) is 13.0 Å². The molecule has 18 heavy (non-hydrogen) atoms. The average Bonchev–Trinajstić information content (AvgIpc) is 2.65. The second-order valence-corrected chi connectivity index (χ2v) is 4.83. The highest BCUT2D eigenvalue weighted by Gasteiger charge is 2.25. The van der Waals surface area contributed by atoms with E-state index in [9.17, 15) is 0 Å². The van der Waals surface area contributed by atoms with Gasteiger partial charge in [-0.25, -0.2) is 0 Å². The summed E-state index contributed by atoms with van der Waals surface area (Å²) in [5, 5.41) is 3.43. The zero-order chi connectivity index (χ0) is 11.9. The quantitative estimate of drug-likeness (QED) is 0.750. The summed E-state index contributed by atoms with van der Waals surface area (Å²) < 4.78 is 0. The summed E-state index contributed by atoms with van der Waals surface area (Å²) in [4.78, 5) is 2.41. The summed E-state index contributed by atoms with van der Waals surface area (Å²) in [7, 11) is 0. The molecule has 0 saturated heterocycles. The van der Waals surface area contributed by atoms with Crippen molar-refractivity contribution in [3.63, 3.8) is 0 Å². The molecule has 2 heteroatoms. The Hall–Kier alpha value is -2.22. The number of allylic oxidation sites excluding steroid dienone is 1. The Balaban J connectivity index is 1.83. The molecule has 0 bridgehead atoms. The van der Waals surface area contributed by atoms with Crippen LogP contribution in [0.4, 0.5) is 11.4 Å². The molecule has 88 valence electrons. The van der Waals surface area contributed by atoms with Gasteiger partial charge in [0.1, 0.15) is 0 Å². The van der Waals surface area contributed by atoms with E-state index in [2.05, 4.69) is 64.9 Å². The highest BCUT2D eigenvalue weighted by atomic mass is 15.2. The van der Waals surface area contributed by atoms with Crippen LogP contribution in [0, 0.1) is 0 Å². The molecule has 0 fully saturated rings. The van der Waals surface area contributed by atoms with Crippen LogP contribution in [0.25, 0.3) is 0 Å². The molecule has 0 atom stereocenters. The van der Waals surface area contributed by atoms with Gasteiger partial charge in [0.15, 0.2) is 0 Å². The zero-order valence-electron chi connectivity index (χ0n) is 10.1. The summed E-state index contributed by atoms with van der Waals surface area (Å²) in [5.41, 5.74) is 6.69. The first-order valence-corrected chi connectivity index (χ1v) is 6.31. The molecule has 0 saturated carbocycles. The molecule has 0 aromatic heterocycles. The maximum Gasteiger partial charge on any atom is 0.0500 e. The Kier molecular flexibility index (Phi) is 1.97. The summed E-state index contributed by atoms with van der Waals surface area (Å²) in [6.07, 6.45) is 3.17. The lowest BCUT2D eigenvalue weighted by atomic mass is 10.1. The predicted octanol–water partition coefficient (Wildman–Crippen LogP) is 3.52. The minimum absolute atomic E-state index is 0.950. The number of hydrogen-bond donors (Lipinski definition) is 1. The molecular weight excluding hydrogens is 220 g/mol. The van der Waals surface area contributed by atoms with Crippen molar-refractivity contribution < 1.29 is 0 Å². The highest BCUT2D eigenvalue weighted by molar-refractivity contribution is 5.69. The molecule has 1 N–H and O–H groups in total. The molecule has 2 heterocycles. The Labute approximate surface area is 107 Å². The minimum Gasteiger partial charge on any atom is -0.360 e. The average molecular weight is 234 g/mol. The largest absolute Gasteiger partial charge is 0.360 e. The van der Waals surface area contributed by atoms with Gasteiger partial charge in [-0.05, 0) is 23.3 Å². The highest BCUT2D eigenvalue weighted by Crippen LogP contribution is 2.37. The summed E-state index contributed by atoms with van der Waals surface area (Å²) in [6.45, 7) is 0.950. The fourth-order valence-electron chi connectivity index (χ4n) is 2.81. The van der Waals surface area contributed by atoms with Crippen LogP contribution in [0.1, 0.15) is 11.1 Å². The maximum absolute atomic E-state index is 3.43. The third-order valence-electron chi connectivity index (χ3n) is 3.74. The fourth-order valence-corrected chi connectivity index (χ4v) is 2.81. The molecule has 0 spiro atoms. The molecular formula is C16H14N2. The third kappa shape index (κ3) is 1.35. The van der Waals surface area contributed by atoms with Crippen molar-refractivity contribution in [1.82, 2.24) is 0 Å². The van der Waals surface area contributed by atoms with E-state index in [1.807, 2.05) is 0 Å². The van der Waals surface area contributed by atoms with E-state index in [1.54, 1.807) is 0 Å². The number of benzene rings is 2. The molecule has 0 unspecified atom stereocenters. The first-order valence-electron chi connectivity index (χ1n) is 6.31. The number of nitrogens with one attached hydrogen (secondary N) is 1. The van der Waals surface area contributed by atoms with Gasteiger partial charge >= 0.3 is 0 Å². The number of nitrogens with zero attached hydrogens (tertiary/aromatic N) is 1. The molecule has 2 aliphatic rings. The number of rotatable bonds is 0. The van der Waals surface area contributed by atoms with E-state index < -0.39 is 0 Å². The van der Waals surface area contributed by atoms with Crippen LogP contribution in [0.2, 0.25) is 0 Å². The SMILES string of the molecule is C1=C2Cc3ccccc3N2Cc2ccccc2N1. The van der Waals surface area contributed by atoms with Gasteiger partial charge in [0.05, 0.1) is 0 Å². The zero-order valence-corrected chi connectivity index (χ0v) is 10.1. The lowest BCUT2D eigenvalue weighted by Gasteiger charge is -2.19. The van der Waals surface area contributed by atoms with Gasteiger partial charge in [0, 0.05) is 36.2 Å². The second kappa shape index (κ2) is 3.64. The number of para-hydroxylation sites is 2. The van der Waals surface area contributed by atoms with E-state index in [4.69, 9.17) is 0 Å². The fraction of sp³-hybridized carbons (Fsp3) is 0.125. The predicted molar refractivity (Wildman–Crippen MR) is 74.5 cm³/mol. The molecule has 0 aliphatic carbocycles.